The quantitative estimate of drug-likeness (QED) is 0.693. The molecule has 164 valence electrons. The van der Waals surface area contributed by atoms with Gasteiger partial charge in [-0.05, 0) is 42.2 Å². The Labute approximate surface area is 187 Å². The Kier molecular flexibility index (Phi) is 5.46. The SMILES string of the molecule is COc1ccc(Cl)c2c1NC(c1ccc(S(=O)(=O)N3CCOCC3)cc1)C1CC=CC21. The van der Waals surface area contributed by atoms with E-state index in [0.717, 1.165) is 34.0 Å². The number of nitrogens with one attached hydrogen (secondary N) is 1. The lowest BCUT2D eigenvalue weighted by molar-refractivity contribution is 0.0730. The van der Waals surface area contributed by atoms with Crippen molar-refractivity contribution in [3.63, 3.8) is 0 Å². The molecule has 0 bridgehead atoms. The van der Waals surface area contributed by atoms with Gasteiger partial charge in [0, 0.05) is 29.6 Å². The molecular formula is C23H25ClN2O4S. The van der Waals surface area contributed by atoms with Gasteiger partial charge in [0.15, 0.2) is 0 Å². The van der Waals surface area contributed by atoms with E-state index in [-0.39, 0.29) is 12.0 Å². The summed E-state index contributed by atoms with van der Waals surface area (Å²) in [7, 11) is -1.85. The van der Waals surface area contributed by atoms with Crippen LogP contribution in [0.25, 0.3) is 0 Å². The van der Waals surface area contributed by atoms with E-state index < -0.39 is 10.0 Å². The topological polar surface area (TPSA) is 67.9 Å². The van der Waals surface area contributed by atoms with Gasteiger partial charge < -0.3 is 14.8 Å². The maximum absolute atomic E-state index is 13.0. The van der Waals surface area contributed by atoms with Crippen molar-refractivity contribution < 1.29 is 17.9 Å². The molecule has 6 nitrogen and oxygen atoms in total. The smallest absolute Gasteiger partial charge is 0.243 e. The molecule has 8 heteroatoms. The Morgan fingerprint density at radius 1 is 1.13 bits per heavy atom. The molecule has 2 aromatic rings. The minimum absolute atomic E-state index is 0.0278. The first-order chi connectivity index (χ1) is 15.0. The van der Waals surface area contributed by atoms with Crippen molar-refractivity contribution in [1.29, 1.82) is 0 Å². The van der Waals surface area contributed by atoms with Crippen LogP contribution >= 0.6 is 11.6 Å². The third-order valence-electron chi connectivity index (χ3n) is 6.50. The summed E-state index contributed by atoms with van der Waals surface area (Å²) in [6.07, 6.45) is 5.36. The highest BCUT2D eigenvalue weighted by Crippen LogP contribution is 2.54. The van der Waals surface area contributed by atoms with Crippen LogP contribution < -0.4 is 10.1 Å². The molecule has 2 heterocycles. The van der Waals surface area contributed by atoms with Crippen LogP contribution in [0.1, 0.15) is 29.5 Å². The van der Waals surface area contributed by atoms with E-state index in [1.54, 1.807) is 19.2 Å². The lowest BCUT2D eigenvalue weighted by Gasteiger charge is -2.38. The predicted octanol–water partition coefficient (Wildman–Crippen LogP) is 4.20. The summed E-state index contributed by atoms with van der Waals surface area (Å²) in [6, 6.07) is 11.1. The van der Waals surface area contributed by atoms with Crippen molar-refractivity contribution in [1.82, 2.24) is 4.31 Å². The van der Waals surface area contributed by atoms with Crippen molar-refractivity contribution in [3.05, 3.63) is 64.7 Å². The van der Waals surface area contributed by atoms with Gasteiger partial charge in [-0.3, -0.25) is 0 Å². The van der Waals surface area contributed by atoms with E-state index >= 15 is 0 Å². The standard InChI is InChI=1S/C23H25ClN2O4S/c1-29-20-10-9-19(24)21-17-3-2-4-18(17)22(25-23(20)21)15-5-7-16(8-6-15)31(27,28)26-11-13-30-14-12-26/h2-3,5-10,17-18,22,25H,4,11-14H2,1H3. The predicted molar refractivity (Wildman–Crippen MR) is 120 cm³/mol. The van der Waals surface area contributed by atoms with Crippen LogP contribution in [0.3, 0.4) is 0 Å². The van der Waals surface area contributed by atoms with Gasteiger partial charge >= 0.3 is 0 Å². The van der Waals surface area contributed by atoms with Crippen LogP contribution in [-0.2, 0) is 14.8 Å². The van der Waals surface area contributed by atoms with Gasteiger partial charge in [0.2, 0.25) is 10.0 Å². The number of ether oxygens (including phenoxy) is 2. The van der Waals surface area contributed by atoms with Gasteiger partial charge in [0.1, 0.15) is 5.75 Å². The molecule has 3 aliphatic rings. The van der Waals surface area contributed by atoms with Crippen LogP contribution in [0, 0.1) is 5.92 Å². The number of allylic oxidation sites excluding steroid dienone is 2. The van der Waals surface area contributed by atoms with Crippen LogP contribution in [0.2, 0.25) is 5.02 Å². The molecule has 1 aliphatic carbocycles. The van der Waals surface area contributed by atoms with E-state index in [4.69, 9.17) is 21.1 Å². The normalized spacial score (nSPS) is 25.5. The molecule has 1 fully saturated rings. The molecule has 5 rings (SSSR count). The van der Waals surface area contributed by atoms with Crippen molar-refractivity contribution in [3.8, 4) is 5.75 Å². The minimum atomic E-state index is -3.51. The number of sulfonamides is 1. The molecule has 1 N–H and O–H groups in total. The Morgan fingerprint density at radius 2 is 1.87 bits per heavy atom. The van der Waals surface area contributed by atoms with Crippen molar-refractivity contribution >= 4 is 27.3 Å². The van der Waals surface area contributed by atoms with Crippen LogP contribution in [-0.4, -0.2) is 46.1 Å². The number of nitrogens with zero attached hydrogens (tertiary/aromatic N) is 1. The first kappa shape index (κ1) is 20.8. The molecule has 3 atom stereocenters. The van der Waals surface area contributed by atoms with Gasteiger partial charge in [-0.2, -0.15) is 4.31 Å². The molecule has 0 aromatic heterocycles. The van der Waals surface area contributed by atoms with Gasteiger partial charge in [-0.25, -0.2) is 8.42 Å². The number of anilines is 1. The molecule has 0 saturated carbocycles. The van der Waals surface area contributed by atoms with E-state index in [2.05, 4.69) is 17.5 Å². The van der Waals surface area contributed by atoms with Crippen molar-refractivity contribution in [2.24, 2.45) is 5.92 Å². The molecule has 0 radical (unpaired) electrons. The maximum atomic E-state index is 13.0. The van der Waals surface area contributed by atoms with E-state index in [1.165, 1.54) is 4.31 Å². The fourth-order valence-electron chi connectivity index (χ4n) is 4.92. The number of hydrogen-bond donors (Lipinski definition) is 1. The monoisotopic (exact) mass is 460 g/mol. The highest BCUT2D eigenvalue weighted by atomic mass is 35.5. The zero-order chi connectivity index (χ0) is 21.6. The molecule has 31 heavy (non-hydrogen) atoms. The summed E-state index contributed by atoms with van der Waals surface area (Å²) in [5.74, 6) is 1.26. The number of methoxy groups -OCH3 is 1. The Morgan fingerprint density at radius 3 is 2.58 bits per heavy atom. The number of fused-ring (bicyclic) bond motifs is 3. The van der Waals surface area contributed by atoms with Crippen molar-refractivity contribution in [2.45, 2.75) is 23.3 Å². The lowest BCUT2D eigenvalue weighted by Crippen LogP contribution is -2.40. The molecule has 0 spiro atoms. The Bertz CT molecular complexity index is 1110. The van der Waals surface area contributed by atoms with E-state index in [1.807, 2.05) is 24.3 Å². The second-order valence-corrected chi connectivity index (χ2v) is 10.4. The summed E-state index contributed by atoms with van der Waals surface area (Å²) in [4.78, 5) is 0.316. The molecule has 3 unspecified atom stereocenters. The van der Waals surface area contributed by atoms with E-state index in [0.29, 0.717) is 37.1 Å². The highest BCUT2D eigenvalue weighted by Gasteiger charge is 2.40. The molecule has 1 saturated heterocycles. The fourth-order valence-corrected chi connectivity index (χ4v) is 6.61. The number of rotatable bonds is 4. The van der Waals surface area contributed by atoms with Gasteiger partial charge in [0.05, 0.1) is 36.9 Å². The molecule has 2 aromatic carbocycles. The number of benzene rings is 2. The number of hydrogen-bond acceptors (Lipinski definition) is 5. The largest absolute Gasteiger partial charge is 0.495 e. The van der Waals surface area contributed by atoms with Crippen LogP contribution in [0.15, 0.2) is 53.4 Å². The second kappa shape index (κ2) is 8.13. The number of morpholine rings is 1. The summed E-state index contributed by atoms with van der Waals surface area (Å²) in [6.45, 7) is 1.65. The summed E-state index contributed by atoms with van der Waals surface area (Å²) < 4.78 is 38.3. The second-order valence-electron chi connectivity index (χ2n) is 8.10. The van der Waals surface area contributed by atoms with Crippen LogP contribution in [0.4, 0.5) is 5.69 Å². The molecular weight excluding hydrogens is 436 g/mol. The Balaban J connectivity index is 1.48. The Hall–Kier alpha value is -2.06. The summed E-state index contributed by atoms with van der Waals surface area (Å²) in [5, 5.41) is 4.37. The first-order valence-electron chi connectivity index (χ1n) is 10.5. The average Bonchev–Trinajstić information content (AvgIpc) is 3.29. The highest BCUT2D eigenvalue weighted by molar-refractivity contribution is 7.89. The summed E-state index contributed by atoms with van der Waals surface area (Å²) in [5.41, 5.74) is 3.03. The third-order valence-corrected chi connectivity index (χ3v) is 8.74. The van der Waals surface area contributed by atoms with Gasteiger partial charge in [-0.15, -0.1) is 0 Å². The number of halogens is 1. The average molecular weight is 461 g/mol. The van der Waals surface area contributed by atoms with Crippen molar-refractivity contribution in [2.75, 3.05) is 38.7 Å². The molecule has 2 aliphatic heterocycles. The fraction of sp³-hybridized carbons (Fsp3) is 0.391. The maximum Gasteiger partial charge on any atom is 0.243 e. The van der Waals surface area contributed by atoms with Crippen LogP contribution in [0.5, 0.6) is 5.75 Å². The van der Waals surface area contributed by atoms with E-state index in [9.17, 15) is 8.42 Å². The summed E-state index contributed by atoms with van der Waals surface area (Å²) >= 11 is 6.57. The molecule has 0 amide bonds. The third kappa shape index (κ3) is 3.53. The zero-order valence-electron chi connectivity index (χ0n) is 17.3. The lowest BCUT2D eigenvalue weighted by atomic mass is 9.77. The minimum Gasteiger partial charge on any atom is -0.495 e. The van der Waals surface area contributed by atoms with Gasteiger partial charge in [-0.1, -0.05) is 35.9 Å². The zero-order valence-corrected chi connectivity index (χ0v) is 18.8. The first-order valence-corrected chi connectivity index (χ1v) is 12.3. The van der Waals surface area contributed by atoms with Gasteiger partial charge in [0.25, 0.3) is 0 Å².